The van der Waals surface area contributed by atoms with E-state index in [1.54, 1.807) is 0 Å². The second kappa shape index (κ2) is 6.59. The molecule has 0 amide bonds. The number of hydrogen-bond donors (Lipinski definition) is 1. The molecule has 0 aromatic heterocycles. The van der Waals surface area contributed by atoms with Crippen molar-refractivity contribution in [1.82, 2.24) is 10.2 Å². The standard InChI is InChI=1S/C17H27BrN2/c1-17(2,3)19-11-13-9-10-16(13)20(4)12-14-7-5-6-8-15(14)18/h5-8,13,16,19H,9-12H2,1-4H3. The summed E-state index contributed by atoms with van der Waals surface area (Å²) in [5.74, 6) is 0.793. The fourth-order valence-electron chi connectivity index (χ4n) is 2.82. The minimum Gasteiger partial charge on any atom is -0.312 e. The van der Waals surface area contributed by atoms with Gasteiger partial charge in [0.15, 0.2) is 0 Å². The summed E-state index contributed by atoms with van der Waals surface area (Å²) in [5.41, 5.74) is 1.60. The number of hydrogen-bond acceptors (Lipinski definition) is 2. The third-order valence-corrected chi connectivity index (χ3v) is 4.99. The summed E-state index contributed by atoms with van der Waals surface area (Å²) < 4.78 is 1.22. The molecule has 1 fully saturated rings. The number of nitrogens with one attached hydrogen (secondary N) is 1. The third kappa shape index (κ3) is 4.31. The Balaban J connectivity index is 1.87. The molecule has 20 heavy (non-hydrogen) atoms. The van der Waals surface area contributed by atoms with Crippen molar-refractivity contribution in [3.63, 3.8) is 0 Å². The third-order valence-electron chi connectivity index (χ3n) is 4.22. The van der Waals surface area contributed by atoms with Crippen LogP contribution < -0.4 is 5.32 Å². The largest absolute Gasteiger partial charge is 0.312 e. The molecule has 2 atom stereocenters. The molecule has 3 heteroatoms. The Morgan fingerprint density at radius 1 is 1.25 bits per heavy atom. The molecule has 1 saturated carbocycles. The van der Waals surface area contributed by atoms with Crippen molar-refractivity contribution < 1.29 is 0 Å². The molecule has 1 N–H and O–H groups in total. The van der Waals surface area contributed by atoms with Crippen LogP contribution in [0.15, 0.2) is 28.7 Å². The number of halogens is 1. The van der Waals surface area contributed by atoms with Crippen LogP contribution >= 0.6 is 15.9 Å². The Hall–Kier alpha value is -0.380. The molecule has 0 bridgehead atoms. The van der Waals surface area contributed by atoms with Gasteiger partial charge in [-0.15, -0.1) is 0 Å². The van der Waals surface area contributed by atoms with Crippen molar-refractivity contribution in [1.29, 1.82) is 0 Å². The molecule has 0 saturated heterocycles. The lowest BCUT2D eigenvalue weighted by molar-refractivity contribution is 0.0736. The first-order chi connectivity index (χ1) is 9.37. The van der Waals surface area contributed by atoms with Gasteiger partial charge in [-0.25, -0.2) is 0 Å². The first-order valence-electron chi connectivity index (χ1n) is 7.55. The van der Waals surface area contributed by atoms with Gasteiger partial charge in [-0.05, 0) is 64.8 Å². The van der Waals surface area contributed by atoms with Gasteiger partial charge in [0, 0.05) is 22.6 Å². The molecular formula is C17H27BrN2. The molecule has 0 aliphatic heterocycles. The molecule has 0 radical (unpaired) electrons. The Bertz CT molecular complexity index is 439. The van der Waals surface area contributed by atoms with Gasteiger partial charge in [0.25, 0.3) is 0 Å². The molecule has 0 heterocycles. The van der Waals surface area contributed by atoms with E-state index in [2.05, 4.69) is 78.2 Å². The lowest BCUT2D eigenvalue weighted by atomic mass is 9.78. The van der Waals surface area contributed by atoms with Gasteiger partial charge in [0.1, 0.15) is 0 Å². The average Bonchev–Trinajstić information content (AvgIpc) is 2.29. The Kier molecular flexibility index (Phi) is 5.27. The van der Waals surface area contributed by atoms with Gasteiger partial charge in [0.05, 0.1) is 0 Å². The quantitative estimate of drug-likeness (QED) is 0.871. The molecule has 0 spiro atoms. The second-order valence-corrected chi connectivity index (χ2v) is 7.90. The first kappa shape index (κ1) is 16.0. The van der Waals surface area contributed by atoms with E-state index in [-0.39, 0.29) is 5.54 Å². The number of nitrogens with zero attached hydrogens (tertiary/aromatic N) is 1. The van der Waals surface area contributed by atoms with Crippen LogP contribution in [0.2, 0.25) is 0 Å². The number of rotatable bonds is 5. The van der Waals surface area contributed by atoms with Crippen LogP contribution in [0.3, 0.4) is 0 Å². The van der Waals surface area contributed by atoms with E-state index in [1.165, 1.54) is 22.9 Å². The maximum atomic E-state index is 3.65. The van der Waals surface area contributed by atoms with Gasteiger partial charge in [-0.2, -0.15) is 0 Å². The van der Waals surface area contributed by atoms with Crippen molar-refractivity contribution >= 4 is 15.9 Å². The van der Waals surface area contributed by atoms with E-state index >= 15 is 0 Å². The lowest BCUT2D eigenvalue weighted by Crippen LogP contribution is -2.51. The van der Waals surface area contributed by atoms with Crippen LogP contribution in [0.25, 0.3) is 0 Å². The number of benzene rings is 1. The van der Waals surface area contributed by atoms with Gasteiger partial charge < -0.3 is 5.32 Å². The fraction of sp³-hybridized carbons (Fsp3) is 0.647. The highest BCUT2D eigenvalue weighted by Gasteiger charge is 2.34. The summed E-state index contributed by atoms with van der Waals surface area (Å²) in [6.07, 6.45) is 2.69. The Morgan fingerprint density at radius 2 is 1.95 bits per heavy atom. The monoisotopic (exact) mass is 338 g/mol. The molecule has 2 nitrogen and oxygen atoms in total. The topological polar surface area (TPSA) is 15.3 Å². The predicted molar refractivity (Wildman–Crippen MR) is 89.9 cm³/mol. The van der Waals surface area contributed by atoms with Crippen LogP contribution in [-0.4, -0.2) is 30.1 Å². The second-order valence-electron chi connectivity index (χ2n) is 7.04. The van der Waals surface area contributed by atoms with E-state index in [4.69, 9.17) is 0 Å². The van der Waals surface area contributed by atoms with E-state index in [0.717, 1.165) is 25.0 Å². The molecule has 1 aromatic rings. The van der Waals surface area contributed by atoms with Crippen LogP contribution in [0.5, 0.6) is 0 Å². The fourth-order valence-corrected chi connectivity index (χ4v) is 3.23. The summed E-state index contributed by atoms with van der Waals surface area (Å²) >= 11 is 3.65. The van der Waals surface area contributed by atoms with E-state index in [0.29, 0.717) is 0 Å². The maximum absolute atomic E-state index is 3.65. The zero-order valence-electron chi connectivity index (χ0n) is 13.1. The molecular weight excluding hydrogens is 312 g/mol. The average molecular weight is 339 g/mol. The zero-order chi connectivity index (χ0) is 14.8. The van der Waals surface area contributed by atoms with Crippen LogP contribution in [0.4, 0.5) is 0 Å². The van der Waals surface area contributed by atoms with Gasteiger partial charge in [-0.1, -0.05) is 34.1 Å². The van der Waals surface area contributed by atoms with Crippen molar-refractivity contribution in [3.8, 4) is 0 Å². The van der Waals surface area contributed by atoms with E-state index in [1.807, 2.05) is 0 Å². The molecule has 112 valence electrons. The summed E-state index contributed by atoms with van der Waals surface area (Å²) in [5, 5.41) is 3.65. The highest BCUT2D eigenvalue weighted by molar-refractivity contribution is 9.10. The van der Waals surface area contributed by atoms with Crippen molar-refractivity contribution in [2.24, 2.45) is 5.92 Å². The van der Waals surface area contributed by atoms with E-state index in [9.17, 15) is 0 Å². The normalized spacial score (nSPS) is 22.9. The molecule has 2 unspecified atom stereocenters. The smallest absolute Gasteiger partial charge is 0.0244 e. The highest BCUT2D eigenvalue weighted by Crippen LogP contribution is 2.32. The summed E-state index contributed by atoms with van der Waals surface area (Å²) in [6, 6.07) is 9.25. The first-order valence-corrected chi connectivity index (χ1v) is 8.35. The predicted octanol–water partition coefficient (Wildman–Crippen LogP) is 4.05. The SMILES string of the molecule is CN(Cc1ccccc1Br)C1CCC1CNC(C)(C)C. The molecule has 1 aliphatic rings. The minimum atomic E-state index is 0.223. The van der Waals surface area contributed by atoms with Crippen LogP contribution in [0.1, 0.15) is 39.2 Å². The van der Waals surface area contributed by atoms with Gasteiger partial charge >= 0.3 is 0 Å². The van der Waals surface area contributed by atoms with Crippen LogP contribution in [0, 0.1) is 5.92 Å². The zero-order valence-corrected chi connectivity index (χ0v) is 14.7. The summed E-state index contributed by atoms with van der Waals surface area (Å²) in [6.45, 7) is 8.88. The highest BCUT2D eigenvalue weighted by atomic mass is 79.9. The minimum absolute atomic E-state index is 0.223. The summed E-state index contributed by atoms with van der Waals surface area (Å²) in [7, 11) is 2.26. The molecule has 2 rings (SSSR count). The van der Waals surface area contributed by atoms with E-state index < -0.39 is 0 Å². The maximum Gasteiger partial charge on any atom is 0.0244 e. The lowest BCUT2D eigenvalue weighted by Gasteiger charge is -2.44. The summed E-state index contributed by atoms with van der Waals surface area (Å²) in [4.78, 5) is 2.51. The molecule has 1 aliphatic carbocycles. The van der Waals surface area contributed by atoms with Gasteiger partial charge in [0.2, 0.25) is 0 Å². The molecule has 1 aromatic carbocycles. The van der Waals surface area contributed by atoms with Crippen molar-refractivity contribution in [3.05, 3.63) is 34.3 Å². The Morgan fingerprint density at radius 3 is 2.50 bits per heavy atom. The van der Waals surface area contributed by atoms with Crippen molar-refractivity contribution in [2.45, 2.75) is 51.7 Å². The van der Waals surface area contributed by atoms with Gasteiger partial charge in [-0.3, -0.25) is 4.90 Å². The Labute approximate surface area is 132 Å². The van der Waals surface area contributed by atoms with Crippen LogP contribution in [-0.2, 0) is 6.54 Å². The van der Waals surface area contributed by atoms with Crippen molar-refractivity contribution in [2.75, 3.05) is 13.6 Å².